The van der Waals surface area contributed by atoms with Gasteiger partial charge in [0, 0.05) is 11.8 Å². The molecular formula is C17H17N3O5S. The molecule has 1 fully saturated rings. The molecule has 26 heavy (non-hydrogen) atoms. The van der Waals surface area contributed by atoms with E-state index in [9.17, 15) is 18.0 Å². The number of hydrogen-bond acceptors (Lipinski definition) is 6. The van der Waals surface area contributed by atoms with E-state index < -0.39 is 22.0 Å². The summed E-state index contributed by atoms with van der Waals surface area (Å²) >= 11 is 0. The molecule has 3 N–H and O–H groups in total. The van der Waals surface area contributed by atoms with Gasteiger partial charge in [0.05, 0.1) is 24.1 Å². The number of methoxy groups -OCH3 is 1. The summed E-state index contributed by atoms with van der Waals surface area (Å²) in [5.74, 6) is -0.182. The minimum Gasteiger partial charge on any atom is -0.497 e. The van der Waals surface area contributed by atoms with E-state index in [0.717, 1.165) is 4.90 Å². The first-order valence-electron chi connectivity index (χ1n) is 7.70. The zero-order valence-corrected chi connectivity index (χ0v) is 14.7. The van der Waals surface area contributed by atoms with E-state index in [1.54, 1.807) is 24.3 Å². The fourth-order valence-corrected chi connectivity index (χ4v) is 3.22. The number of rotatable bonds is 5. The van der Waals surface area contributed by atoms with Crippen molar-refractivity contribution in [3.8, 4) is 5.75 Å². The minimum absolute atomic E-state index is 0.00696. The first-order chi connectivity index (χ1) is 12.3. The molecule has 0 aliphatic carbocycles. The fourth-order valence-electron chi connectivity index (χ4n) is 2.71. The van der Waals surface area contributed by atoms with Crippen LogP contribution in [0.4, 0.5) is 11.4 Å². The van der Waals surface area contributed by atoms with E-state index in [4.69, 9.17) is 9.88 Å². The van der Waals surface area contributed by atoms with Crippen LogP contribution < -0.4 is 20.1 Å². The first-order valence-corrected chi connectivity index (χ1v) is 9.24. The van der Waals surface area contributed by atoms with Crippen LogP contribution in [0.2, 0.25) is 0 Å². The van der Waals surface area contributed by atoms with Crippen molar-refractivity contribution in [3.63, 3.8) is 0 Å². The maximum absolute atomic E-state index is 12.6. The quantitative estimate of drug-likeness (QED) is 0.755. The Labute approximate surface area is 150 Å². The van der Waals surface area contributed by atoms with Crippen molar-refractivity contribution in [1.82, 2.24) is 0 Å². The number of sulfonamides is 1. The van der Waals surface area contributed by atoms with Crippen molar-refractivity contribution >= 4 is 33.2 Å². The largest absolute Gasteiger partial charge is 0.497 e. The van der Waals surface area contributed by atoms with E-state index in [0.29, 0.717) is 17.1 Å². The zero-order chi connectivity index (χ0) is 18.9. The standard InChI is InChI=1S/C17H17N3O5S/c1-25-13-4-2-3-12(9-13)20-16(21)10-15(17(20)22)19-11-5-7-14(8-6-11)26(18,23)24/h2-9,15,19H,10H2,1H3,(H2,18,23,24)/t15-/m1/s1. The number of benzene rings is 2. The maximum Gasteiger partial charge on any atom is 0.256 e. The van der Waals surface area contributed by atoms with Gasteiger partial charge in [0.25, 0.3) is 5.91 Å². The third-order valence-electron chi connectivity index (χ3n) is 3.98. The van der Waals surface area contributed by atoms with Gasteiger partial charge in [-0.05, 0) is 36.4 Å². The van der Waals surface area contributed by atoms with Crippen LogP contribution in [-0.4, -0.2) is 33.4 Å². The molecule has 0 saturated carbocycles. The third kappa shape index (κ3) is 3.53. The molecule has 3 rings (SSSR count). The highest BCUT2D eigenvalue weighted by molar-refractivity contribution is 7.89. The number of ether oxygens (including phenoxy) is 1. The molecular weight excluding hydrogens is 358 g/mol. The van der Waals surface area contributed by atoms with Crippen LogP contribution in [0.15, 0.2) is 53.4 Å². The fraction of sp³-hybridized carbons (Fsp3) is 0.176. The van der Waals surface area contributed by atoms with Gasteiger partial charge in [0.15, 0.2) is 0 Å². The lowest BCUT2D eigenvalue weighted by Crippen LogP contribution is -2.34. The van der Waals surface area contributed by atoms with Gasteiger partial charge >= 0.3 is 0 Å². The molecule has 136 valence electrons. The SMILES string of the molecule is COc1cccc(N2C(=O)C[C@@H](Nc3ccc(S(N)(=O)=O)cc3)C2=O)c1. The Balaban J connectivity index is 1.78. The summed E-state index contributed by atoms with van der Waals surface area (Å²) < 4.78 is 27.7. The maximum atomic E-state index is 12.6. The molecule has 0 aromatic heterocycles. The number of hydrogen-bond donors (Lipinski definition) is 2. The van der Waals surface area contributed by atoms with Crippen LogP contribution in [0.3, 0.4) is 0 Å². The van der Waals surface area contributed by atoms with Gasteiger partial charge in [-0.2, -0.15) is 0 Å². The summed E-state index contributed by atoms with van der Waals surface area (Å²) in [6, 6.07) is 11.6. The molecule has 0 unspecified atom stereocenters. The average Bonchev–Trinajstić information content (AvgIpc) is 2.88. The van der Waals surface area contributed by atoms with Crippen LogP contribution in [0.5, 0.6) is 5.75 Å². The number of carbonyl (C=O) groups is 2. The van der Waals surface area contributed by atoms with Crippen LogP contribution >= 0.6 is 0 Å². The number of amides is 2. The molecule has 0 spiro atoms. The van der Waals surface area contributed by atoms with Crippen molar-refractivity contribution in [2.75, 3.05) is 17.3 Å². The highest BCUT2D eigenvalue weighted by Gasteiger charge is 2.39. The van der Waals surface area contributed by atoms with Crippen LogP contribution in [0.25, 0.3) is 0 Å². The van der Waals surface area contributed by atoms with E-state index in [1.807, 2.05) is 0 Å². The number of anilines is 2. The van der Waals surface area contributed by atoms with Crippen LogP contribution in [0, 0.1) is 0 Å². The van der Waals surface area contributed by atoms with Gasteiger partial charge in [-0.3, -0.25) is 9.59 Å². The van der Waals surface area contributed by atoms with Crippen molar-refractivity contribution in [2.45, 2.75) is 17.4 Å². The third-order valence-corrected chi connectivity index (χ3v) is 4.91. The molecule has 1 saturated heterocycles. The number of nitrogens with one attached hydrogen (secondary N) is 1. The smallest absolute Gasteiger partial charge is 0.256 e. The topological polar surface area (TPSA) is 119 Å². The highest BCUT2D eigenvalue weighted by atomic mass is 32.2. The van der Waals surface area contributed by atoms with Gasteiger partial charge in [0.2, 0.25) is 15.9 Å². The van der Waals surface area contributed by atoms with Crippen LogP contribution in [-0.2, 0) is 19.6 Å². The van der Waals surface area contributed by atoms with E-state index in [1.165, 1.54) is 31.4 Å². The molecule has 0 radical (unpaired) electrons. The summed E-state index contributed by atoms with van der Waals surface area (Å²) in [6.45, 7) is 0. The number of primary sulfonamides is 1. The molecule has 9 heteroatoms. The summed E-state index contributed by atoms with van der Waals surface area (Å²) in [4.78, 5) is 26.0. The second kappa shape index (κ2) is 6.77. The van der Waals surface area contributed by atoms with E-state index in [-0.39, 0.29) is 17.2 Å². The first kappa shape index (κ1) is 17.9. The monoisotopic (exact) mass is 375 g/mol. The van der Waals surface area contributed by atoms with E-state index in [2.05, 4.69) is 5.32 Å². The number of nitrogens with zero attached hydrogens (tertiary/aromatic N) is 1. The van der Waals surface area contributed by atoms with E-state index >= 15 is 0 Å². The minimum atomic E-state index is -3.79. The second-order valence-electron chi connectivity index (χ2n) is 5.74. The summed E-state index contributed by atoms with van der Waals surface area (Å²) in [7, 11) is -2.28. The predicted molar refractivity (Wildman–Crippen MR) is 95.3 cm³/mol. The Morgan fingerprint density at radius 3 is 2.46 bits per heavy atom. The molecule has 1 aliphatic heterocycles. The number of nitrogens with two attached hydrogens (primary N) is 1. The molecule has 1 aliphatic rings. The lowest BCUT2D eigenvalue weighted by molar-refractivity contribution is -0.121. The molecule has 1 heterocycles. The van der Waals surface area contributed by atoms with Gasteiger partial charge in [-0.25, -0.2) is 18.5 Å². The predicted octanol–water partition coefficient (Wildman–Crippen LogP) is 1.09. The Hall–Kier alpha value is -2.91. The van der Waals surface area contributed by atoms with Crippen LogP contribution in [0.1, 0.15) is 6.42 Å². The molecule has 2 amide bonds. The number of imide groups is 1. The average molecular weight is 375 g/mol. The Kier molecular flexibility index (Phi) is 4.66. The summed E-state index contributed by atoms with van der Waals surface area (Å²) in [6.07, 6.45) is -0.00696. The highest BCUT2D eigenvalue weighted by Crippen LogP contribution is 2.27. The van der Waals surface area contributed by atoms with Crippen molar-refractivity contribution in [1.29, 1.82) is 0 Å². The summed E-state index contributed by atoms with van der Waals surface area (Å²) in [5.41, 5.74) is 0.948. The van der Waals surface area contributed by atoms with Crippen molar-refractivity contribution < 1.29 is 22.7 Å². The molecule has 2 aromatic carbocycles. The molecule has 2 aromatic rings. The Bertz CT molecular complexity index is 957. The van der Waals surface area contributed by atoms with Crippen molar-refractivity contribution in [3.05, 3.63) is 48.5 Å². The second-order valence-corrected chi connectivity index (χ2v) is 7.30. The van der Waals surface area contributed by atoms with Gasteiger partial charge in [0.1, 0.15) is 11.8 Å². The molecule has 8 nitrogen and oxygen atoms in total. The molecule has 1 atom stereocenters. The Morgan fingerprint density at radius 2 is 1.85 bits per heavy atom. The zero-order valence-electron chi connectivity index (χ0n) is 13.9. The number of carbonyl (C=O) groups excluding carboxylic acids is 2. The lowest BCUT2D eigenvalue weighted by atomic mass is 10.2. The van der Waals surface area contributed by atoms with Crippen molar-refractivity contribution in [2.24, 2.45) is 5.14 Å². The molecule has 0 bridgehead atoms. The summed E-state index contributed by atoms with van der Waals surface area (Å²) in [5, 5.41) is 8.00. The van der Waals surface area contributed by atoms with Gasteiger partial charge in [-0.15, -0.1) is 0 Å². The lowest BCUT2D eigenvalue weighted by Gasteiger charge is -2.17. The normalized spacial score (nSPS) is 17.5. The van der Waals surface area contributed by atoms with Gasteiger partial charge < -0.3 is 10.1 Å². The Morgan fingerprint density at radius 1 is 1.15 bits per heavy atom. The van der Waals surface area contributed by atoms with Gasteiger partial charge in [-0.1, -0.05) is 6.07 Å².